The number of nitrogen functional groups attached to an aromatic ring is 1. The number of halogens is 1. The summed E-state index contributed by atoms with van der Waals surface area (Å²) in [4.78, 5) is 12.8. The van der Waals surface area contributed by atoms with E-state index in [1.165, 1.54) is 6.33 Å². The van der Waals surface area contributed by atoms with Crippen molar-refractivity contribution in [2.45, 2.75) is 44.5 Å². The van der Waals surface area contributed by atoms with E-state index in [9.17, 15) is 5.11 Å². The van der Waals surface area contributed by atoms with Crippen LogP contribution in [0.4, 0.5) is 5.82 Å². The van der Waals surface area contributed by atoms with Gasteiger partial charge in [0.1, 0.15) is 42.5 Å². The van der Waals surface area contributed by atoms with Crippen LogP contribution in [0.25, 0.3) is 21.9 Å². The van der Waals surface area contributed by atoms with Crippen LogP contribution < -0.4 is 10.5 Å². The minimum Gasteiger partial charge on any atom is -0.491 e. The highest BCUT2D eigenvalue weighted by molar-refractivity contribution is 9.10. The van der Waals surface area contributed by atoms with Gasteiger partial charge in [0.25, 0.3) is 0 Å². The Labute approximate surface area is 198 Å². The molecule has 1 saturated heterocycles. The first-order chi connectivity index (χ1) is 15.8. The molecule has 0 bridgehead atoms. The van der Waals surface area contributed by atoms with Crippen molar-refractivity contribution in [3.8, 4) is 5.75 Å². The lowest BCUT2D eigenvalue weighted by molar-refractivity contribution is -0.216. The molecule has 0 spiro atoms. The van der Waals surface area contributed by atoms with Gasteiger partial charge in [-0.15, -0.1) is 0 Å². The van der Waals surface area contributed by atoms with Crippen molar-refractivity contribution >= 4 is 43.7 Å². The Morgan fingerprint density at radius 1 is 1.24 bits per heavy atom. The molecule has 10 heteroatoms. The number of fused-ring (bicyclic) bond motifs is 2. The van der Waals surface area contributed by atoms with E-state index in [1.807, 2.05) is 41.1 Å². The zero-order valence-electron chi connectivity index (χ0n) is 18.2. The molecule has 0 radical (unpaired) electrons. The summed E-state index contributed by atoms with van der Waals surface area (Å²) in [6.45, 7) is 3.45. The van der Waals surface area contributed by atoms with E-state index in [1.54, 1.807) is 20.0 Å². The minimum absolute atomic E-state index is 0.246. The number of nitrogens with two attached hydrogens (primary N) is 1. The van der Waals surface area contributed by atoms with Gasteiger partial charge in [-0.25, -0.2) is 9.97 Å². The number of aliphatic hydroxyl groups is 1. The zero-order valence-corrected chi connectivity index (χ0v) is 19.8. The molecule has 1 aliphatic heterocycles. The molecule has 3 N–H and O–H groups in total. The van der Waals surface area contributed by atoms with Gasteiger partial charge in [0.15, 0.2) is 5.79 Å². The van der Waals surface area contributed by atoms with E-state index in [4.69, 9.17) is 19.9 Å². The lowest BCUT2D eigenvalue weighted by Crippen LogP contribution is -2.37. The van der Waals surface area contributed by atoms with Gasteiger partial charge in [-0.05, 0) is 54.0 Å². The standard InChI is InChI=1S/C23H24BrN5O4/c1-23(2,30)33-18-9-20(29-6-5-16-21(25)27-12-28-22(16)29)32-19(18)11-31-15-4-3-13-7-14(24)10-26-17(13)8-15/h3-8,10,12,18-20,30H,9,11H2,1-2H3,(H2,25,27,28). The smallest absolute Gasteiger partial charge is 0.160 e. The maximum Gasteiger partial charge on any atom is 0.160 e. The highest BCUT2D eigenvalue weighted by Gasteiger charge is 2.40. The Morgan fingerprint density at radius 3 is 2.91 bits per heavy atom. The minimum atomic E-state index is -1.31. The summed E-state index contributed by atoms with van der Waals surface area (Å²) in [6, 6.07) is 9.61. The quantitative estimate of drug-likeness (QED) is 0.373. The lowest BCUT2D eigenvalue weighted by Gasteiger charge is -2.26. The second-order valence-corrected chi connectivity index (χ2v) is 9.42. The number of rotatable bonds is 6. The van der Waals surface area contributed by atoms with Gasteiger partial charge in [-0.2, -0.15) is 0 Å². The van der Waals surface area contributed by atoms with E-state index in [-0.39, 0.29) is 18.9 Å². The Morgan fingerprint density at radius 2 is 2.09 bits per heavy atom. The third-order valence-corrected chi connectivity index (χ3v) is 5.94. The van der Waals surface area contributed by atoms with Crippen LogP contribution in [-0.2, 0) is 9.47 Å². The van der Waals surface area contributed by atoms with Crippen molar-refractivity contribution in [2.75, 3.05) is 12.3 Å². The fraction of sp³-hybridized carbons (Fsp3) is 0.348. The van der Waals surface area contributed by atoms with E-state index in [2.05, 4.69) is 30.9 Å². The van der Waals surface area contributed by atoms with Crippen molar-refractivity contribution in [1.82, 2.24) is 19.5 Å². The molecule has 1 aliphatic rings. The predicted octanol–water partition coefficient (Wildman–Crippen LogP) is 3.80. The lowest BCUT2D eigenvalue weighted by atomic mass is 10.1. The monoisotopic (exact) mass is 513 g/mol. The van der Waals surface area contributed by atoms with Crippen LogP contribution in [0.1, 0.15) is 26.5 Å². The summed E-state index contributed by atoms with van der Waals surface area (Å²) in [6.07, 6.45) is 4.42. The molecule has 0 aliphatic carbocycles. The number of benzene rings is 1. The molecule has 3 unspecified atom stereocenters. The van der Waals surface area contributed by atoms with Crippen LogP contribution in [0.5, 0.6) is 5.75 Å². The average Bonchev–Trinajstić information content (AvgIpc) is 3.36. The summed E-state index contributed by atoms with van der Waals surface area (Å²) in [5.41, 5.74) is 7.49. The Kier molecular flexibility index (Phi) is 5.69. The molecule has 172 valence electrons. The third kappa shape index (κ3) is 4.65. The van der Waals surface area contributed by atoms with Crippen LogP contribution in [0, 0.1) is 0 Å². The van der Waals surface area contributed by atoms with Crippen molar-refractivity contribution in [1.29, 1.82) is 0 Å². The van der Waals surface area contributed by atoms with E-state index >= 15 is 0 Å². The number of hydrogen-bond acceptors (Lipinski definition) is 8. The molecule has 0 amide bonds. The van der Waals surface area contributed by atoms with E-state index in [0.29, 0.717) is 23.6 Å². The highest BCUT2D eigenvalue weighted by Crippen LogP contribution is 2.35. The first-order valence-corrected chi connectivity index (χ1v) is 11.4. The normalized spacial score (nSPS) is 21.2. The van der Waals surface area contributed by atoms with Gasteiger partial charge < -0.3 is 29.6 Å². The molecular weight excluding hydrogens is 490 g/mol. The fourth-order valence-electron chi connectivity index (χ4n) is 4.08. The summed E-state index contributed by atoms with van der Waals surface area (Å²) in [7, 11) is 0. The summed E-state index contributed by atoms with van der Waals surface area (Å²) >= 11 is 3.44. The predicted molar refractivity (Wildman–Crippen MR) is 127 cm³/mol. The van der Waals surface area contributed by atoms with Crippen molar-refractivity contribution < 1.29 is 19.3 Å². The summed E-state index contributed by atoms with van der Waals surface area (Å²) in [5, 5.41) is 12.0. The fourth-order valence-corrected chi connectivity index (χ4v) is 4.43. The van der Waals surface area contributed by atoms with E-state index in [0.717, 1.165) is 20.8 Å². The molecule has 33 heavy (non-hydrogen) atoms. The maximum atomic E-state index is 10.3. The van der Waals surface area contributed by atoms with Crippen molar-refractivity contribution in [3.63, 3.8) is 0 Å². The van der Waals surface area contributed by atoms with Crippen LogP contribution in [0.3, 0.4) is 0 Å². The van der Waals surface area contributed by atoms with Gasteiger partial charge >= 0.3 is 0 Å². The Hall–Kier alpha value is -2.79. The van der Waals surface area contributed by atoms with Crippen LogP contribution >= 0.6 is 15.9 Å². The molecule has 9 nitrogen and oxygen atoms in total. The molecule has 3 atom stereocenters. The van der Waals surface area contributed by atoms with Gasteiger partial charge in [-0.3, -0.25) is 4.98 Å². The van der Waals surface area contributed by atoms with Crippen LogP contribution in [0.2, 0.25) is 0 Å². The van der Waals surface area contributed by atoms with Gasteiger partial charge in [0.2, 0.25) is 0 Å². The number of hydrogen-bond donors (Lipinski definition) is 2. The second kappa shape index (κ2) is 8.53. The summed E-state index contributed by atoms with van der Waals surface area (Å²) < 4.78 is 21.1. The van der Waals surface area contributed by atoms with Crippen LogP contribution in [0.15, 0.2) is 53.5 Å². The third-order valence-electron chi connectivity index (χ3n) is 5.51. The molecule has 1 aromatic carbocycles. The van der Waals surface area contributed by atoms with Gasteiger partial charge in [0, 0.05) is 34.7 Å². The molecule has 5 rings (SSSR count). The van der Waals surface area contributed by atoms with Crippen LogP contribution in [-0.4, -0.2) is 49.2 Å². The first kappa shape index (κ1) is 22.0. The molecule has 3 aromatic heterocycles. The topological polar surface area (TPSA) is 118 Å². The maximum absolute atomic E-state index is 10.3. The van der Waals surface area contributed by atoms with Gasteiger partial charge in [0.05, 0.1) is 17.0 Å². The molecule has 4 heterocycles. The second-order valence-electron chi connectivity index (χ2n) is 8.51. The number of nitrogens with zero attached hydrogens (tertiary/aromatic N) is 4. The van der Waals surface area contributed by atoms with Crippen molar-refractivity contribution in [2.24, 2.45) is 0 Å². The average molecular weight is 514 g/mol. The number of anilines is 1. The first-order valence-electron chi connectivity index (χ1n) is 10.6. The Balaban J connectivity index is 1.36. The number of pyridine rings is 1. The Bertz CT molecular complexity index is 1310. The molecular formula is C23H24BrN5O4. The molecule has 4 aromatic rings. The van der Waals surface area contributed by atoms with Gasteiger partial charge in [-0.1, -0.05) is 0 Å². The zero-order chi connectivity index (χ0) is 23.2. The molecule has 1 fully saturated rings. The number of ether oxygens (including phenoxy) is 3. The van der Waals surface area contributed by atoms with Crippen molar-refractivity contribution in [3.05, 3.63) is 53.5 Å². The van der Waals surface area contributed by atoms with E-state index < -0.39 is 11.9 Å². The SMILES string of the molecule is CC(C)(O)OC1CC(n2ccc3c(N)ncnc32)OC1COc1ccc2cc(Br)cnc2c1. The largest absolute Gasteiger partial charge is 0.491 e. The number of aromatic nitrogens is 4. The highest BCUT2D eigenvalue weighted by atomic mass is 79.9. The summed E-state index contributed by atoms with van der Waals surface area (Å²) in [5.74, 6) is -0.219. The molecule has 0 saturated carbocycles.